The van der Waals surface area contributed by atoms with Gasteiger partial charge in [0.15, 0.2) is 0 Å². The summed E-state index contributed by atoms with van der Waals surface area (Å²) >= 11 is 0. The van der Waals surface area contributed by atoms with Gasteiger partial charge in [0.2, 0.25) is 0 Å². The summed E-state index contributed by atoms with van der Waals surface area (Å²) in [6, 6.07) is 17.9. The lowest BCUT2D eigenvalue weighted by molar-refractivity contribution is 0.0695. The van der Waals surface area contributed by atoms with Gasteiger partial charge in [0.1, 0.15) is 5.75 Å². The average Bonchev–Trinajstić information content (AvgIpc) is 2.62. The molecule has 0 aliphatic carbocycles. The van der Waals surface area contributed by atoms with Crippen LogP contribution in [0.25, 0.3) is 11.1 Å². The van der Waals surface area contributed by atoms with Crippen LogP contribution in [0.4, 0.5) is 11.4 Å². The first-order valence-corrected chi connectivity index (χ1v) is 7.75. The van der Waals surface area contributed by atoms with Gasteiger partial charge in [0.05, 0.1) is 16.8 Å². The summed E-state index contributed by atoms with van der Waals surface area (Å²) in [4.78, 5) is 23.5. The molecule has 26 heavy (non-hydrogen) atoms. The summed E-state index contributed by atoms with van der Waals surface area (Å²) in [6.07, 6.45) is 0. The largest absolute Gasteiger partial charge is 0.478 e. The second kappa shape index (κ2) is 6.98. The Morgan fingerprint density at radius 3 is 2.35 bits per heavy atom. The highest BCUT2D eigenvalue weighted by Gasteiger charge is 2.14. The number of nitrogens with two attached hydrogens (primary N) is 2. The van der Waals surface area contributed by atoms with Crippen molar-refractivity contribution in [1.82, 2.24) is 0 Å². The van der Waals surface area contributed by atoms with Gasteiger partial charge in [-0.2, -0.15) is 0 Å². The van der Waals surface area contributed by atoms with E-state index >= 15 is 0 Å². The molecule has 0 radical (unpaired) electrons. The summed E-state index contributed by atoms with van der Waals surface area (Å²) in [7, 11) is 0. The van der Waals surface area contributed by atoms with E-state index in [1.54, 1.807) is 54.6 Å². The Morgan fingerprint density at radius 1 is 0.885 bits per heavy atom. The van der Waals surface area contributed by atoms with E-state index in [0.717, 1.165) is 0 Å². The molecule has 0 saturated heterocycles. The van der Waals surface area contributed by atoms with E-state index in [0.29, 0.717) is 28.1 Å². The van der Waals surface area contributed by atoms with E-state index in [9.17, 15) is 14.7 Å². The minimum absolute atomic E-state index is 0.0182. The zero-order chi connectivity index (χ0) is 18.7. The molecule has 0 aromatic heterocycles. The van der Waals surface area contributed by atoms with Gasteiger partial charge in [0.25, 0.3) is 0 Å². The van der Waals surface area contributed by atoms with Crippen molar-refractivity contribution in [3.05, 3.63) is 77.9 Å². The highest BCUT2D eigenvalue weighted by molar-refractivity contribution is 5.98. The van der Waals surface area contributed by atoms with Crippen molar-refractivity contribution in [3.63, 3.8) is 0 Å². The van der Waals surface area contributed by atoms with Crippen LogP contribution in [0.5, 0.6) is 5.75 Å². The molecule has 0 aliphatic heterocycles. The van der Waals surface area contributed by atoms with Crippen molar-refractivity contribution in [2.45, 2.75) is 0 Å². The number of ether oxygens (including phenoxy) is 1. The fourth-order valence-corrected chi connectivity index (χ4v) is 2.56. The molecule has 0 spiro atoms. The lowest BCUT2D eigenvalue weighted by Crippen LogP contribution is -2.09. The number of carboxylic acid groups (broad SMARTS) is 1. The Kier molecular flexibility index (Phi) is 4.57. The number of carbonyl (C=O) groups excluding carboxylic acids is 1. The molecule has 6 heteroatoms. The quantitative estimate of drug-likeness (QED) is 0.378. The maximum atomic E-state index is 12.2. The molecule has 0 unspecified atom stereocenters. The summed E-state index contributed by atoms with van der Waals surface area (Å²) in [5, 5.41) is 9.20. The SMILES string of the molecule is Nc1cccc(C(=O)Oc2cccc(-c3cccc(C(=O)O)c3N)c2)c1. The summed E-state index contributed by atoms with van der Waals surface area (Å²) in [6.45, 7) is 0. The molecule has 0 heterocycles. The molecule has 0 atom stereocenters. The van der Waals surface area contributed by atoms with Crippen LogP contribution in [0.15, 0.2) is 66.7 Å². The second-order valence-electron chi connectivity index (χ2n) is 5.61. The Hall–Kier alpha value is -3.80. The number of carboxylic acids is 1. The van der Waals surface area contributed by atoms with Crippen molar-refractivity contribution in [2.75, 3.05) is 11.5 Å². The Morgan fingerprint density at radius 2 is 1.62 bits per heavy atom. The number of esters is 1. The number of aromatic carboxylic acids is 1. The van der Waals surface area contributed by atoms with E-state index in [-0.39, 0.29) is 11.3 Å². The Balaban J connectivity index is 1.91. The first-order chi connectivity index (χ1) is 12.5. The molecule has 0 fully saturated rings. The molecule has 5 N–H and O–H groups in total. The van der Waals surface area contributed by atoms with Crippen LogP contribution < -0.4 is 16.2 Å². The van der Waals surface area contributed by atoms with Crippen molar-refractivity contribution in [3.8, 4) is 16.9 Å². The number of carbonyl (C=O) groups is 2. The van der Waals surface area contributed by atoms with Crippen molar-refractivity contribution < 1.29 is 19.4 Å². The zero-order valence-electron chi connectivity index (χ0n) is 13.7. The summed E-state index contributed by atoms with van der Waals surface area (Å²) in [5.41, 5.74) is 13.8. The lowest BCUT2D eigenvalue weighted by atomic mass is 10.00. The first kappa shape index (κ1) is 17.0. The molecule has 3 aromatic rings. The van der Waals surface area contributed by atoms with E-state index in [1.807, 2.05) is 0 Å². The van der Waals surface area contributed by atoms with Crippen LogP contribution >= 0.6 is 0 Å². The molecule has 0 aliphatic rings. The number of anilines is 2. The number of para-hydroxylation sites is 1. The van der Waals surface area contributed by atoms with Gasteiger partial charge >= 0.3 is 11.9 Å². The Bertz CT molecular complexity index is 999. The van der Waals surface area contributed by atoms with Gasteiger partial charge in [-0.05, 0) is 42.0 Å². The van der Waals surface area contributed by atoms with E-state index in [1.165, 1.54) is 12.1 Å². The Labute approximate surface area is 149 Å². The predicted octanol–water partition coefficient (Wildman–Crippen LogP) is 3.44. The van der Waals surface area contributed by atoms with E-state index in [2.05, 4.69) is 0 Å². The smallest absolute Gasteiger partial charge is 0.343 e. The third kappa shape index (κ3) is 3.49. The van der Waals surface area contributed by atoms with Crippen LogP contribution in [0.2, 0.25) is 0 Å². The molecule has 130 valence electrons. The van der Waals surface area contributed by atoms with Crippen molar-refractivity contribution >= 4 is 23.3 Å². The van der Waals surface area contributed by atoms with Gasteiger partial charge in [0, 0.05) is 11.3 Å². The fraction of sp³-hybridized carbons (Fsp3) is 0. The third-order valence-corrected chi connectivity index (χ3v) is 3.81. The predicted molar refractivity (Wildman–Crippen MR) is 99.1 cm³/mol. The molecule has 0 amide bonds. The standard InChI is InChI=1S/C20H16N2O4/c21-14-6-1-5-13(10-14)20(25)26-15-7-2-4-12(11-15)16-8-3-9-17(18(16)22)19(23)24/h1-11H,21-22H2,(H,23,24). The molecule has 0 bridgehead atoms. The number of hydrogen-bond acceptors (Lipinski definition) is 5. The summed E-state index contributed by atoms with van der Waals surface area (Å²) < 4.78 is 5.38. The van der Waals surface area contributed by atoms with Gasteiger partial charge < -0.3 is 21.3 Å². The monoisotopic (exact) mass is 348 g/mol. The van der Waals surface area contributed by atoms with Crippen LogP contribution in [0.1, 0.15) is 20.7 Å². The minimum atomic E-state index is -1.10. The van der Waals surface area contributed by atoms with E-state index < -0.39 is 11.9 Å². The fourth-order valence-electron chi connectivity index (χ4n) is 2.56. The molecule has 6 nitrogen and oxygen atoms in total. The highest BCUT2D eigenvalue weighted by atomic mass is 16.5. The van der Waals surface area contributed by atoms with Gasteiger partial charge in [-0.1, -0.05) is 30.3 Å². The van der Waals surface area contributed by atoms with Crippen molar-refractivity contribution in [2.24, 2.45) is 0 Å². The molecule has 3 rings (SSSR count). The second-order valence-corrected chi connectivity index (χ2v) is 5.61. The molecule has 0 saturated carbocycles. The van der Waals surface area contributed by atoms with Crippen LogP contribution in [0, 0.1) is 0 Å². The van der Waals surface area contributed by atoms with Crippen LogP contribution in [-0.4, -0.2) is 17.0 Å². The average molecular weight is 348 g/mol. The van der Waals surface area contributed by atoms with Gasteiger partial charge in [-0.3, -0.25) is 0 Å². The molecular formula is C20H16N2O4. The molecular weight excluding hydrogens is 332 g/mol. The van der Waals surface area contributed by atoms with Gasteiger partial charge in [-0.25, -0.2) is 9.59 Å². The highest BCUT2D eigenvalue weighted by Crippen LogP contribution is 2.31. The number of rotatable bonds is 4. The van der Waals surface area contributed by atoms with Crippen LogP contribution in [0.3, 0.4) is 0 Å². The van der Waals surface area contributed by atoms with Crippen molar-refractivity contribution in [1.29, 1.82) is 0 Å². The van der Waals surface area contributed by atoms with Crippen LogP contribution in [-0.2, 0) is 0 Å². The maximum Gasteiger partial charge on any atom is 0.343 e. The van der Waals surface area contributed by atoms with Gasteiger partial charge in [-0.15, -0.1) is 0 Å². The number of nitrogen functional groups attached to an aromatic ring is 2. The maximum absolute atomic E-state index is 12.2. The normalized spacial score (nSPS) is 10.3. The topological polar surface area (TPSA) is 116 Å². The third-order valence-electron chi connectivity index (χ3n) is 3.81. The zero-order valence-corrected chi connectivity index (χ0v) is 13.7. The number of hydrogen-bond donors (Lipinski definition) is 3. The summed E-state index contributed by atoms with van der Waals surface area (Å²) in [5.74, 6) is -1.33. The first-order valence-electron chi connectivity index (χ1n) is 7.75. The molecule has 3 aromatic carbocycles. The minimum Gasteiger partial charge on any atom is -0.478 e. The lowest BCUT2D eigenvalue weighted by Gasteiger charge is -2.10. The van der Waals surface area contributed by atoms with E-state index in [4.69, 9.17) is 16.2 Å². The number of benzene rings is 3.